The van der Waals surface area contributed by atoms with Crippen molar-refractivity contribution in [1.82, 2.24) is 10.6 Å². The molecule has 2 aromatic rings. The van der Waals surface area contributed by atoms with Gasteiger partial charge in [-0.05, 0) is 51.1 Å². The summed E-state index contributed by atoms with van der Waals surface area (Å²) in [6.45, 7) is 6.13. The van der Waals surface area contributed by atoms with Gasteiger partial charge < -0.3 is 24.9 Å². The van der Waals surface area contributed by atoms with E-state index in [9.17, 15) is 18.3 Å². The number of hydrogen-bond acceptors (Lipinski definition) is 4. The molecule has 2 unspecified atom stereocenters. The zero-order valence-corrected chi connectivity index (χ0v) is 16.6. The maximum absolute atomic E-state index is 12.7. The zero-order valence-electron chi connectivity index (χ0n) is 16.6. The Labute approximate surface area is 167 Å². The van der Waals surface area contributed by atoms with E-state index in [0.717, 1.165) is 23.7 Å². The molecule has 0 bridgehead atoms. The molecule has 2 atom stereocenters. The fourth-order valence-corrected chi connectivity index (χ4v) is 2.49. The van der Waals surface area contributed by atoms with E-state index >= 15 is 0 Å². The Morgan fingerprint density at radius 1 is 1.28 bits per heavy atom. The van der Waals surface area contributed by atoms with Crippen molar-refractivity contribution in [3.05, 3.63) is 53.5 Å². The van der Waals surface area contributed by atoms with Gasteiger partial charge in [0.15, 0.2) is 5.96 Å². The summed E-state index contributed by atoms with van der Waals surface area (Å²) in [5, 5.41) is 16.3. The van der Waals surface area contributed by atoms with Gasteiger partial charge in [-0.15, -0.1) is 0 Å². The third-order valence-electron chi connectivity index (χ3n) is 3.95. The van der Waals surface area contributed by atoms with Crippen LogP contribution in [-0.2, 0) is 6.18 Å². The van der Waals surface area contributed by atoms with Gasteiger partial charge in [-0.3, -0.25) is 4.99 Å². The van der Waals surface area contributed by atoms with Gasteiger partial charge in [-0.2, -0.15) is 13.2 Å². The Morgan fingerprint density at radius 3 is 2.66 bits per heavy atom. The molecule has 3 N–H and O–H groups in total. The minimum Gasteiger partial charge on any atom is -0.491 e. The lowest BCUT2D eigenvalue weighted by molar-refractivity contribution is -0.137. The van der Waals surface area contributed by atoms with Crippen LogP contribution in [0.3, 0.4) is 0 Å². The molecule has 0 saturated carbocycles. The molecule has 1 heterocycles. The van der Waals surface area contributed by atoms with Crippen molar-refractivity contribution in [1.29, 1.82) is 0 Å². The number of aryl methyl sites for hydroxylation is 1. The van der Waals surface area contributed by atoms with E-state index in [4.69, 9.17) is 9.15 Å². The van der Waals surface area contributed by atoms with Crippen LogP contribution in [0.15, 0.2) is 45.8 Å². The number of halogens is 3. The van der Waals surface area contributed by atoms with Gasteiger partial charge in [0.25, 0.3) is 0 Å². The lowest BCUT2D eigenvalue weighted by atomic mass is 10.2. The van der Waals surface area contributed by atoms with Gasteiger partial charge in [0.2, 0.25) is 0 Å². The number of aliphatic imine (C=N–C) groups is 1. The lowest BCUT2D eigenvalue weighted by Gasteiger charge is -2.17. The van der Waals surface area contributed by atoms with Crippen molar-refractivity contribution in [3.8, 4) is 5.75 Å². The van der Waals surface area contributed by atoms with Crippen molar-refractivity contribution in [2.75, 3.05) is 19.7 Å². The summed E-state index contributed by atoms with van der Waals surface area (Å²) < 4.78 is 49.1. The Bertz CT molecular complexity index is 806. The van der Waals surface area contributed by atoms with Crippen LogP contribution in [0.1, 0.15) is 37.0 Å². The predicted octanol–water partition coefficient (Wildman–Crippen LogP) is 3.66. The summed E-state index contributed by atoms with van der Waals surface area (Å²) in [5.74, 6) is 2.07. The standard InChI is InChI=1S/C20H26F3N3O3/c1-4-24-19(26-14(3)18-9-8-13(2)29-18)25-11-16(27)12-28-17-7-5-6-15(10-17)20(21,22)23/h5-10,14,16,27H,4,11-12H2,1-3H3,(H2,24,25,26). The van der Waals surface area contributed by atoms with Crippen LogP contribution < -0.4 is 15.4 Å². The molecule has 6 nitrogen and oxygen atoms in total. The molecule has 0 aliphatic carbocycles. The van der Waals surface area contributed by atoms with E-state index < -0.39 is 17.8 Å². The average Bonchev–Trinajstić information content (AvgIpc) is 3.10. The first-order valence-electron chi connectivity index (χ1n) is 9.28. The van der Waals surface area contributed by atoms with Gasteiger partial charge in [-0.25, -0.2) is 0 Å². The first-order valence-corrected chi connectivity index (χ1v) is 9.28. The maximum Gasteiger partial charge on any atom is 0.416 e. The molecule has 0 aliphatic rings. The van der Waals surface area contributed by atoms with E-state index in [1.165, 1.54) is 12.1 Å². The summed E-state index contributed by atoms with van der Waals surface area (Å²) in [6, 6.07) is 8.12. The van der Waals surface area contributed by atoms with Crippen molar-refractivity contribution in [2.24, 2.45) is 4.99 Å². The Kier molecular flexibility index (Phi) is 7.95. The fraction of sp³-hybridized carbons (Fsp3) is 0.450. The average molecular weight is 413 g/mol. The molecule has 1 aromatic carbocycles. The number of alkyl halides is 3. The minimum atomic E-state index is -4.45. The van der Waals surface area contributed by atoms with Crippen LogP contribution >= 0.6 is 0 Å². The van der Waals surface area contributed by atoms with Crippen molar-refractivity contribution in [2.45, 2.75) is 39.1 Å². The fourth-order valence-electron chi connectivity index (χ4n) is 2.49. The number of benzene rings is 1. The highest BCUT2D eigenvalue weighted by atomic mass is 19.4. The highest BCUT2D eigenvalue weighted by molar-refractivity contribution is 5.80. The molecular weight excluding hydrogens is 387 g/mol. The van der Waals surface area contributed by atoms with Gasteiger partial charge in [0.05, 0.1) is 18.2 Å². The normalized spacial score (nSPS) is 14.4. The molecule has 9 heteroatoms. The molecule has 0 spiro atoms. The third-order valence-corrected chi connectivity index (χ3v) is 3.95. The summed E-state index contributed by atoms with van der Waals surface area (Å²) in [7, 11) is 0. The number of aliphatic hydroxyl groups is 1. The molecule has 0 aliphatic heterocycles. The number of guanidine groups is 1. The third kappa shape index (κ3) is 7.34. The van der Waals surface area contributed by atoms with Crippen LogP contribution in [0.25, 0.3) is 0 Å². The van der Waals surface area contributed by atoms with E-state index in [1.54, 1.807) is 0 Å². The van der Waals surface area contributed by atoms with E-state index in [1.807, 2.05) is 32.9 Å². The van der Waals surface area contributed by atoms with E-state index in [-0.39, 0.29) is 24.9 Å². The van der Waals surface area contributed by atoms with Gasteiger partial charge in [-0.1, -0.05) is 6.07 Å². The van der Waals surface area contributed by atoms with Gasteiger partial charge >= 0.3 is 6.18 Å². The summed E-state index contributed by atoms with van der Waals surface area (Å²) in [6.07, 6.45) is -5.43. The van der Waals surface area contributed by atoms with Crippen LogP contribution in [0.5, 0.6) is 5.75 Å². The van der Waals surface area contributed by atoms with Crippen LogP contribution in [-0.4, -0.2) is 36.9 Å². The first-order chi connectivity index (χ1) is 13.7. The number of rotatable bonds is 8. The van der Waals surface area contributed by atoms with Gasteiger partial charge in [0, 0.05) is 6.54 Å². The largest absolute Gasteiger partial charge is 0.491 e. The number of nitrogens with one attached hydrogen (secondary N) is 2. The van der Waals surface area contributed by atoms with E-state index in [0.29, 0.717) is 12.5 Å². The van der Waals surface area contributed by atoms with E-state index in [2.05, 4.69) is 15.6 Å². The highest BCUT2D eigenvalue weighted by Crippen LogP contribution is 2.31. The van der Waals surface area contributed by atoms with Crippen LogP contribution in [0, 0.1) is 6.92 Å². The smallest absolute Gasteiger partial charge is 0.416 e. The van der Waals surface area contributed by atoms with Crippen LogP contribution in [0.2, 0.25) is 0 Å². The number of aliphatic hydroxyl groups excluding tert-OH is 1. The zero-order chi connectivity index (χ0) is 21.4. The first kappa shape index (κ1) is 22.6. The Balaban J connectivity index is 1.90. The molecule has 2 rings (SSSR count). The van der Waals surface area contributed by atoms with Gasteiger partial charge in [0.1, 0.15) is 30.0 Å². The quantitative estimate of drug-likeness (QED) is 0.455. The second-order valence-corrected chi connectivity index (χ2v) is 6.52. The molecule has 0 radical (unpaired) electrons. The maximum atomic E-state index is 12.7. The topological polar surface area (TPSA) is 79.0 Å². The summed E-state index contributed by atoms with van der Waals surface area (Å²) in [5.41, 5.74) is -0.803. The number of hydrogen-bond donors (Lipinski definition) is 3. The molecule has 0 amide bonds. The predicted molar refractivity (Wildman–Crippen MR) is 104 cm³/mol. The molecule has 1 aromatic heterocycles. The van der Waals surface area contributed by atoms with Crippen LogP contribution in [0.4, 0.5) is 13.2 Å². The number of furan rings is 1. The molecule has 160 valence electrons. The monoisotopic (exact) mass is 413 g/mol. The molecular formula is C20H26F3N3O3. The Morgan fingerprint density at radius 2 is 2.03 bits per heavy atom. The second-order valence-electron chi connectivity index (χ2n) is 6.52. The molecule has 0 saturated heterocycles. The number of nitrogens with zero attached hydrogens (tertiary/aromatic N) is 1. The number of ether oxygens (including phenoxy) is 1. The molecule has 0 fully saturated rings. The van der Waals surface area contributed by atoms with Crippen molar-refractivity contribution < 1.29 is 27.4 Å². The second kappa shape index (κ2) is 10.2. The van der Waals surface area contributed by atoms with Crippen molar-refractivity contribution in [3.63, 3.8) is 0 Å². The summed E-state index contributed by atoms with van der Waals surface area (Å²) >= 11 is 0. The highest BCUT2D eigenvalue weighted by Gasteiger charge is 2.30. The van der Waals surface area contributed by atoms with Crippen molar-refractivity contribution >= 4 is 5.96 Å². The molecule has 29 heavy (non-hydrogen) atoms. The SMILES string of the molecule is CCNC(=NCC(O)COc1cccc(C(F)(F)F)c1)NC(C)c1ccc(C)o1. The Hall–Kier alpha value is -2.68. The summed E-state index contributed by atoms with van der Waals surface area (Å²) in [4.78, 5) is 4.30. The lowest BCUT2D eigenvalue weighted by Crippen LogP contribution is -2.39. The minimum absolute atomic E-state index is 0.0121.